The molecule has 3 fully saturated rings. The number of methoxy groups -OCH3 is 3. The van der Waals surface area contributed by atoms with E-state index in [0.717, 1.165) is 32.5 Å². The van der Waals surface area contributed by atoms with Crippen molar-refractivity contribution in [3.05, 3.63) is 64.2 Å². The highest BCUT2D eigenvalue weighted by molar-refractivity contribution is 7.22. The molecule has 2 aliphatic carbocycles. The standard InChI is InChI=1S/C38H35ClN4O9S/c1-16-21-11-17(39)7-10-27(21)53-32(16)24-15-28(41(3)40-24)42-34(46)23-14-22-19(8-9-20-29(22)35(47)43(33(20)45)37(49)52-6)31(38(23,2)36(42)48)30-25(44)12-18(50-4)13-26(30)51-5/h7-8,10-13,15,20,22-23,29,31,44H,9,14H2,1-6H3/t20-,22+,23-,29-,31+,38+/m0/s1. The van der Waals surface area contributed by atoms with Crippen molar-refractivity contribution < 1.29 is 43.3 Å². The van der Waals surface area contributed by atoms with E-state index >= 15 is 4.79 Å². The topological polar surface area (TPSA) is 158 Å². The lowest BCUT2D eigenvalue weighted by Crippen LogP contribution is -2.49. The van der Waals surface area contributed by atoms with Crippen LogP contribution < -0.4 is 14.4 Å². The van der Waals surface area contributed by atoms with E-state index in [1.54, 1.807) is 26.1 Å². The van der Waals surface area contributed by atoms with Crippen LogP contribution >= 0.6 is 22.9 Å². The van der Waals surface area contributed by atoms with Gasteiger partial charge in [0.1, 0.15) is 28.8 Å². The van der Waals surface area contributed by atoms with Gasteiger partial charge in [-0.2, -0.15) is 10.00 Å². The number of benzene rings is 2. The predicted octanol–water partition coefficient (Wildman–Crippen LogP) is 5.98. The van der Waals surface area contributed by atoms with Gasteiger partial charge in [0, 0.05) is 46.5 Å². The minimum Gasteiger partial charge on any atom is -0.507 e. The number of nitrogens with zero attached hydrogens (tertiary/aromatic N) is 4. The molecule has 2 aromatic carbocycles. The summed E-state index contributed by atoms with van der Waals surface area (Å²) in [5.41, 5.74) is 0.881. The summed E-state index contributed by atoms with van der Waals surface area (Å²) in [6.45, 7) is 3.67. The van der Waals surface area contributed by atoms with Gasteiger partial charge in [0.05, 0.1) is 49.4 Å². The largest absolute Gasteiger partial charge is 0.507 e. The summed E-state index contributed by atoms with van der Waals surface area (Å²) in [5.74, 6) is -6.47. The van der Waals surface area contributed by atoms with Gasteiger partial charge in [-0.1, -0.05) is 23.3 Å². The number of amides is 5. The zero-order valence-corrected chi connectivity index (χ0v) is 31.2. The lowest BCUT2D eigenvalue weighted by Gasteiger charge is -2.49. The van der Waals surface area contributed by atoms with Gasteiger partial charge in [-0.25, -0.2) is 9.69 Å². The molecule has 1 N–H and O–H groups in total. The Hall–Kier alpha value is -5.21. The molecule has 4 heterocycles. The number of imide groups is 4. The van der Waals surface area contributed by atoms with Gasteiger partial charge >= 0.3 is 6.09 Å². The monoisotopic (exact) mass is 758 g/mol. The summed E-state index contributed by atoms with van der Waals surface area (Å²) < 4.78 is 18.5. The number of hydrogen-bond donors (Lipinski definition) is 1. The van der Waals surface area contributed by atoms with E-state index in [1.807, 2.05) is 31.2 Å². The molecule has 2 aliphatic heterocycles. The number of anilines is 1. The molecule has 4 aromatic rings. The minimum atomic E-state index is -1.49. The maximum absolute atomic E-state index is 15.1. The number of halogens is 1. The third-order valence-corrected chi connectivity index (χ3v) is 13.2. The number of ether oxygens (including phenoxy) is 3. The van der Waals surface area contributed by atoms with Crippen molar-refractivity contribution in [2.24, 2.45) is 36.1 Å². The van der Waals surface area contributed by atoms with Gasteiger partial charge in [-0.15, -0.1) is 11.3 Å². The summed E-state index contributed by atoms with van der Waals surface area (Å²) >= 11 is 7.82. The van der Waals surface area contributed by atoms with Crippen LogP contribution in [0.2, 0.25) is 5.02 Å². The van der Waals surface area contributed by atoms with Gasteiger partial charge in [0.2, 0.25) is 23.6 Å². The number of carbonyl (C=O) groups excluding carboxylic acids is 5. The number of phenols is 1. The predicted molar refractivity (Wildman–Crippen MR) is 194 cm³/mol. The Balaban J connectivity index is 1.28. The lowest BCUT2D eigenvalue weighted by molar-refractivity contribution is -0.138. The second-order valence-corrected chi connectivity index (χ2v) is 15.6. The fraction of sp³-hybridized carbons (Fsp3) is 0.368. The average Bonchev–Trinajstić information content (AvgIpc) is 3.81. The highest BCUT2D eigenvalue weighted by atomic mass is 35.5. The second kappa shape index (κ2) is 12.2. The first-order valence-corrected chi connectivity index (χ1v) is 18.2. The molecule has 2 saturated heterocycles. The Labute approximate surface area is 312 Å². The number of hydrogen-bond acceptors (Lipinski definition) is 11. The quantitative estimate of drug-likeness (QED) is 0.190. The third-order valence-electron chi connectivity index (χ3n) is 11.7. The van der Waals surface area contributed by atoms with Crippen molar-refractivity contribution in [1.29, 1.82) is 0 Å². The number of allylic oxidation sites excluding steroid dienone is 2. The van der Waals surface area contributed by atoms with Crippen molar-refractivity contribution in [1.82, 2.24) is 14.7 Å². The molecule has 0 radical (unpaired) electrons. The zero-order chi connectivity index (χ0) is 37.8. The molecular formula is C38H35ClN4O9S. The van der Waals surface area contributed by atoms with E-state index < -0.39 is 64.7 Å². The van der Waals surface area contributed by atoms with Crippen LogP contribution in [0.4, 0.5) is 10.6 Å². The number of aryl methyl sites for hydroxylation is 2. The van der Waals surface area contributed by atoms with Crippen molar-refractivity contribution in [2.45, 2.75) is 32.6 Å². The number of aromatic hydroxyl groups is 1. The first-order valence-electron chi connectivity index (χ1n) is 17.0. The third kappa shape index (κ3) is 4.74. The molecular weight excluding hydrogens is 724 g/mol. The van der Waals surface area contributed by atoms with Crippen molar-refractivity contribution in [2.75, 3.05) is 26.2 Å². The number of thiophene rings is 1. The van der Waals surface area contributed by atoms with Gasteiger partial charge < -0.3 is 19.3 Å². The number of rotatable bonds is 5. The molecule has 2 aromatic heterocycles. The van der Waals surface area contributed by atoms with Gasteiger partial charge in [0.25, 0.3) is 0 Å². The zero-order valence-electron chi connectivity index (χ0n) is 29.6. The Morgan fingerprint density at radius 3 is 2.47 bits per heavy atom. The molecule has 1 saturated carbocycles. The van der Waals surface area contributed by atoms with Crippen molar-refractivity contribution in [3.8, 4) is 27.8 Å². The van der Waals surface area contributed by atoms with Crippen LogP contribution in [0.5, 0.6) is 17.2 Å². The smallest absolute Gasteiger partial charge is 0.423 e. The Bertz CT molecular complexity index is 2350. The highest BCUT2D eigenvalue weighted by Gasteiger charge is 2.69. The summed E-state index contributed by atoms with van der Waals surface area (Å²) in [5, 5.41) is 18.0. The second-order valence-electron chi connectivity index (χ2n) is 14.1. The van der Waals surface area contributed by atoms with E-state index in [-0.39, 0.29) is 35.7 Å². The average molecular weight is 759 g/mol. The molecule has 53 heavy (non-hydrogen) atoms. The van der Waals surface area contributed by atoms with Crippen LogP contribution in [0, 0.1) is 36.0 Å². The minimum absolute atomic E-state index is 0.0369. The molecule has 15 heteroatoms. The molecule has 0 bridgehead atoms. The molecule has 5 amide bonds. The number of likely N-dealkylation sites (tertiary alicyclic amines) is 1. The Morgan fingerprint density at radius 2 is 1.77 bits per heavy atom. The van der Waals surface area contributed by atoms with E-state index in [9.17, 15) is 24.3 Å². The van der Waals surface area contributed by atoms with Gasteiger partial charge in [0.15, 0.2) is 0 Å². The van der Waals surface area contributed by atoms with Crippen LogP contribution in [0.3, 0.4) is 0 Å². The van der Waals surface area contributed by atoms with E-state index in [2.05, 4.69) is 0 Å². The molecule has 8 rings (SSSR count). The first-order chi connectivity index (χ1) is 25.3. The van der Waals surface area contributed by atoms with E-state index in [1.165, 1.54) is 36.3 Å². The normalized spacial score (nSPS) is 26.5. The molecule has 4 aliphatic rings. The summed E-state index contributed by atoms with van der Waals surface area (Å²) in [6.07, 6.45) is 0.869. The number of phenolic OH excluding ortho intramolecular Hbond substituents is 1. The molecule has 0 unspecified atom stereocenters. The summed E-state index contributed by atoms with van der Waals surface area (Å²) in [7, 11) is 5.62. The van der Waals surface area contributed by atoms with E-state index in [0.29, 0.717) is 26.9 Å². The van der Waals surface area contributed by atoms with Crippen LogP contribution in [-0.2, 0) is 31.0 Å². The Kier molecular flexibility index (Phi) is 8.00. The maximum Gasteiger partial charge on any atom is 0.423 e. The molecule has 274 valence electrons. The molecule has 6 atom stereocenters. The summed E-state index contributed by atoms with van der Waals surface area (Å²) in [4.78, 5) is 72.5. The van der Waals surface area contributed by atoms with E-state index in [4.69, 9.17) is 30.9 Å². The highest BCUT2D eigenvalue weighted by Crippen LogP contribution is 2.65. The SMILES string of the molecule is COC(=O)N1C(=O)[C@H]2[C@H](CC=C3[C@H]2C[C@H]2C(=O)N(c4cc(-c5sc6ccc(Cl)cc6c5C)nn4C)C(=O)[C@@]2(C)[C@H]3c2c(O)cc(OC)cc2OC)C1=O. The van der Waals surface area contributed by atoms with Crippen LogP contribution in [0.15, 0.2) is 48.0 Å². The number of aromatic nitrogens is 2. The van der Waals surface area contributed by atoms with Crippen molar-refractivity contribution in [3.63, 3.8) is 0 Å². The van der Waals surface area contributed by atoms with Crippen LogP contribution in [0.25, 0.3) is 20.7 Å². The number of carbonyl (C=O) groups is 5. The molecule has 13 nitrogen and oxygen atoms in total. The first kappa shape index (κ1) is 34.9. The molecule has 0 spiro atoms. The van der Waals surface area contributed by atoms with Crippen molar-refractivity contribution >= 4 is 68.6 Å². The van der Waals surface area contributed by atoms with Gasteiger partial charge in [-0.05, 0) is 61.8 Å². The number of fused-ring (bicyclic) bond motifs is 5. The van der Waals surface area contributed by atoms with Crippen LogP contribution in [-0.4, -0.2) is 70.8 Å². The fourth-order valence-corrected chi connectivity index (χ4v) is 10.5. The van der Waals surface area contributed by atoms with Crippen LogP contribution in [0.1, 0.15) is 36.8 Å². The maximum atomic E-state index is 15.1. The van der Waals surface area contributed by atoms with Gasteiger partial charge in [-0.3, -0.25) is 23.9 Å². The fourth-order valence-electron chi connectivity index (χ4n) is 9.19. The summed E-state index contributed by atoms with van der Waals surface area (Å²) in [6, 6.07) is 10.4. The Morgan fingerprint density at radius 1 is 1.02 bits per heavy atom. The lowest BCUT2D eigenvalue weighted by atomic mass is 9.51.